The van der Waals surface area contributed by atoms with Crippen LogP contribution in [-0.2, 0) is 0 Å². The fourth-order valence-corrected chi connectivity index (χ4v) is 1.64. The summed E-state index contributed by atoms with van der Waals surface area (Å²) in [6, 6.07) is 1.05. The molecule has 0 aliphatic rings. The standard InChI is InChI=1S/C8H3BrClF2N3/c9-4-3(11)1-2-6(5(4)12)14-8(10)15-7(2)13/h1H,(H2,13,14,15). The summed E-state index contributed by atoms with van der Waals surface area (Å²) in [6.45, 7) is 0. The van der Waals surface area contributed by atoms with Gasteiger partial charge in [0.15, 0.2) is 5.82 Å². The summed E-state index contributed by atoms with van der Waals surface area (Å²) in [6.07, 6.45) is 0. The van der Waals surface area contributed by atoms with Gasteiger partial charge in [-0.2, -0.15) is 0 Å². The lowest BCUT2D eigenvalue weighted by molar-refractivity contribution is 0.579. The zero-order valence-electron chi connectivity index (χ0n) is 7.06. The molecule has 0 atom stereocenters. The van der Waals surface area contributed by atoms with Crippen LogP contribution in [0.15, 0.2) is 10.5 Å². The number of rotatable bonds is 0. The second-order valence-electron chi connectivity index (χ2n) is 2.76. The van der Waals surface area contributed by atoms with Gasteiger partial charge in [-0.3, -0.25) is 0 Å². The number of nitrogens with two attached hydrogens (primary N) is 1. The quantitative estimate of drug-likeness (QED) is 0.600. The third-order valence-corrected chi connectivity index (χ3v) is 2.73. The van der Waals surface area contributed by atoms with Crippen molar-refractivity contribution >= 4 is 44.3 Å². The number of halogens is 4. The maximum Gasteiger partial charge on any atom is 0.225 e. The Morgan fingerprint density at radius 1 is 1.33 bits per heavy atom. The third-order valence-electron chi connectivity index (χ3n) is 1.83. The molecule has 15 heavy (non-hydrogen) atoms. The Hall–Kier alpha value is -1.01. The van der Waals surface area contributed by atoms with Gasteiger partial charge in [-0.1, -0.05) is 0 Å². The molecule has 0 spiro atoms. The zero-order chi connectivity index (χ0) is 11.2. The largest absolute Gasteiger partial charge is 0.383 e. The molecule has 1 heterocycles. The Kier molecular flexibility index (Phi) is 2.47. The first-order valence-electron chi connectivity index (χ1n) is 3.77. The van der Waals surface area contributed by atoms with Crippen LogP contribution in [0.3, 0.4) is 0 Å². The van der Waals surface area contributed by atoms with Gasteiger partial charge >= 0.3 is 0 Å². The van der Waals surface area contributed by atoms with Crippen molar-refractivity contribution in [3.63, 3.8) is 0 Å². The molecule has 3 nitrogen and oxygen atoms in total. The van der Waals surface area contributed by atoms with Crippen LogP contribution in [0.5, 0.6) is 0 Å². The Morgan fingerprint density at radius 3 is 2.67 bits per heavy atom. The smallest absolute Gasteiger partial charge is 0.225 e. The van der Waals surface area contributed by atoms with E-state index in [0.717, 1.165) is 6.07 Å². The predicted octanol–water partition coefficient (Wildman–Crippen LogP) is 2.91. The first-order chi connectivity index (χ1) is 7.00. The van der Waals surface area contributed by atoms with Crippen molar-refractivity contribution < 1.29 is 8.78 Å². The molecule has 0 saturated carbocycles. The fraction of sp³-hybridized carbons (Fsp3) is 0. The van der Waals surface area contributed by atoms with Gasteiger partial charge in [0.2, 0.25) is 5.28 Å². The van der Waals surface area contributed by atoms with Crippen LogP contribution >= 0.6 is 27.5 Å². The molecule has 0 amide bonds. The Labute approximate surface area is 96.4 Å². The van der Waals surface area contributed by atoms with Crippen LogP contribution < -0.4 is 5.73 Å². The summed E-state index contributed by atoms with van der Waals surface area (Å²) >= 11 is 8.27. The van der Waals surface area contributed by atoms with Crippen LogP contribution in [0.2, 0.25) is 5.28 Å². The van der Waals surface area contributed by atoms with Gasteiger partial charge in [-0.05, 0) is 33.6 Å². The Bertz CT molecular complexity index is 561. The van der Waals surface area contributed by atoms with Gasteiger partial charge in [0.1, 0.15) is 17.2 Å². The molecular formula is C8H3BrClF2N3. The first kappa shape index (κ1) is 10.5. The summed E-state index contributed by atoms with van der Waals surface area (Å²) in [7, 11) is 0. The first-order valence-corrected chi connectivity index (χ1v) is 4.94. The minimum Gasteiger partial charge on any atom is -0.383 e. The van der Waals surface area contributed by atoms with E-state index in [4.69, 9.17) is 17.3 Å². The van der Waals surface area contributed by atoms with Crippen LogP contribution in [0.25, 0.3) is 10.9 Å². The Balaban J connectivity index is 2.98. The molecule has 78 valence electrons. The number of benzene rings is 1. The van der Waals surface area contributed by atoms with Crippen LogP contribution in [0.1, 0.15) is 0 Å². The topological polar surface area (TPSA) is 51.8 Å². The highest BCUT2D eigenvalue weighted by Crippen LogP contribution is 2.29. The molecule has 0 fully saturated rings. The highest BCUT2D eigenvalue weighted by Gasteiger charge is 2.15. The second-order valence-corrected chi connectivity index (χ2v) is 3.89. The van der Waals surface area contributed by atoms with Crippen molar-refractivity contribution in [2.24, 2.45) is 0 Å². The normalized spacial score (nSPS) is 10.9. The number of hydrogen-bond acceptors (Lipinski definition) is 3. The van der Waals surface area contributed by atoms with Gasteiger partial charge in [-0.15, -0.1) is 0 Å². The van der Waals surface area contributed by atoms with E-state index < -0.39 is 11.6 Å². The van der Waals surface area contributed by atoms with E-state index >= 15 is 0 Å². The molecule has 1 aromatic heterocycles. The monoisotopic (exact) mass is 293 g/mol. The number of nitrogen functional groups attached to an aromatic ring is 1. The molecule has 2 rings (SSSR count). The van der Waals surface area contributed by atoms with Crippen molar-refractivity contribution in [1.82, 2.24) is 9.97 Å². The molecule has 2 N–H and O–H groups in total. The molecular weight excluding hydrogens is 291 g/mol. The molecule has 0 radical (unpaired) electrons. The van der Waals surface area contributed by atoms with E-state index in [-0.39, 0.29) is 26.5 Å². The number of anilines is 1. The van der Waals surface area contributed by atoms with E-state index in [2.05, 4.69) is 25.9 Å². The lowest BCUT2D eigenvalue weighted by Crippen LogP contribution is -1.98. The molecule has 0 saturated heterocycles. The van der Waals surface area contributed by atoms with Gasteiger partial charge in [0.05, 0.1) is 4.47 Å². The maximum absolute atomic E-state index is 13.5. The van der Waals surface area contributed by atoms with E-state index in [9.17, 15) is 8.78 Å². The molecule has 2 aromatic rings. The molecule has 0 aliphatic carbocycles. The lowest BCUT2D eigenvalue weighted by Gasteiger charge is -2.04. The molecule has 0 aliphatic heterocycles. The summed E-state index contributed by atoms with van der Waals surface area (Å²) in [4.78, 5) is 7.24. The molecule has 1 aromatic carbocycles. The summed E-state index contributed by atoms with van der Waals surface area (Å²) in [5.74, 6) is -1.67. The number of fused-ring (bicyclic) bond motifs is 1. The van der Waals surface area contributed by atoms with Crippen molar-refractivity contribution in [2.75, 3.05) is 5.73 Å². The molecule has 7 heteroatoms. The average Bonchev–Trinajstić information content (AvgIpc) is 2.17. The van der Waals surface area contributed by atoms with Gasteiger partial charge < -0.3 is 5.73 Å². The highest BCUT2D eigenvalue weighted by molar-refractivity contribution is 9.10. The van der Waals surface area contributed by atoms with Crippen LogP contribution in [0, 0.1) is 11.6 Å². The number of nitrogens with zero attached hydrogens (tertiary/aromatic N) is 2. The lowest BCUT2D eigenvalue weighted by atomic mass is 10.2. The van der Waals surface area contributed by atoms with Crippen molar-refractivity contribution in [2.45, 2.75) is 0 Å². The fourth-order valence-electron chi connectivity index (χ4n) is 1.17. The van der Waals surface area contributed by atoms with E-state index in [0.29, 0.717) is 0 Å². The van der Waals surface area contributed by atoms with E-state index in [1.807, 2.05) is 0 Å². The van der Waals surface area contributed by atoms with Gasteiger partial charge in [0.25, 0.3) is 0 Å². The summed E-state index contributed by atoms with van der Waals surface area (Å²) < 4.78 is 26.4. The Morgan fingerprint density at radius 2 is 2.00 bits per heavy atom. The molecule has 0 unspecified atom stereocenters. The maximum atomic E-state index is 13.5. The highest BCUT2D eigenvalue weighted by atomic mass is 79.9. The van der Waals surface area contributed by atoms with Crippen molar-refractivity contribution in [3.8, 4) is 0 Å². The average molecular weight is 294 g/mol. The minimum absolute atomic E-state index is 0.0599. The van der Waals surface area contributed by atoms with E-state index in [1.54, 1.807) is 0 Å². The summed E-state index contributed by atoms with van der Waals surface area (Å²) in [5.41, 5.74) is 5.35. The SMILES string of the molecule is Nc1nc(Cl)nc2c(F)c(Br)c(F)cc12. The zero-order valence-corrected chi connectivity index (χ0v) is 9.40. The summed E-state index contributed by atoms with van der Waals surface area (Å²) in [5, 5.41) is -0.0880. The third kappa shape index (κ3) is 1.63. The minimum atomic E-state index is -0.846. The van der Waals surface area contributed by atoms with Gasteiger partial charge in [-0.25, -0.2) is 18.7 Å². The van der Waals surface area contributed by atoms with Gasteiger partial charge in [0, 0.05) is 5.39 Å². The number of aromatic nitrogens is 2. The predicted molar refractivity (Wildman–Crippen MR) is 56.6 cm³/mol. The van der Waals surface area contributed by atoms with Crippen molar-refractivity contribution in [3.05, 3.63) is 27.5 Å². The molecule has 0 bridgehead atoms. The number of hydrogen-bond donors (Lipinski definition) is 1. The van der Waals surface area contributed by atoms with Crippen molar-refractivity contribution in [1.29, 1.82) is 0 Å². The van der Waals surface area contributed by atoms with Crippen LogP contribution in [-0.4, -0.2) is 9.97 Å². The second kappa shape index (κ2) is 3.53. The van der Waals surface area contributed by atoms with Crippen LogP contribution in [0.4, 0.5) is 14.6 Å². The van der Waals surface area contributed by atoms with E-state index in [1.165, 1.54) is 0 Å².